The lowest BCUT2D eigenvalue weighted by molar-refractivity contribution is -0.410. The molecule has 0 saturated carbocycles. The molecule has 0 aromatic heterocycles. The highest BCUT2D eigenvalue weighted by Crippen LogP contribution is 2.17. The van der Waals surface area contributed by atoms with Crippen molar-refractivity contribution in [3.63, 3.8) is 0 Å². The number of hydrogen-bond donors (Lipinski definition) is 0. The van der Waals surface area contributed by atoms with Crippen molar-refractivity contribution in [2.24, 2.45) is 0 Å². The molecule has 0 aromatic carbocycles. The summed E-state index contributed by atoms with van der Waals surface area (Å²) < 4.78 is 35.5. The Bertz CT molecular complexity index is 382. The Hall–Kier alpha value is 0.457. The smallest absolute Gasteiger partial charge is 0.267 e. The minimum Gasteiger partial charge on any atom is -0.821 e. The molecule has 0 saturated heterocycles. The predicted molar refractivity (Wildman–Crippen MR) is 160 cm³/mol. The summed E-state index contributed by atoms with van der Waals surface area (Å²) >= 11 is 0.324. The molecular weight excluding hydrogens is 535 g/mol. The third-order valence-corrected chi connectivity index (χ3v) is 11.5. The standard InChI is InChI=1S/2C12H30N3S.F2O2Si/c2*1-7-13(8-2)16(14(9-3)10-4)15(11-5)12-6;1-5(2,3)4/h2*7-12H2,1-6H3;/q2*+1;-2. The van der Waals surface area contributed by atoms with Gasteiger partial charge in [0.25, 0.3) is 32.1 Å². The van der Waals surface area contributed by atoms with Crippen LogP contribution in [0.15, 0.2) is 0 Å². The molecule has 228 valence electrons. The summed E-state index contributed by atoms with van der Waals surface area (Å²) in [4.78, 5) is 16.7. The van der Waals surface area contributed by atoms with Gasteiger partial charge in [-0.3, -0.25) is 0 Å². The molecule has 0 spiro atoms. The first kappa shape index (κ1) is 41.9. The van der Waals surface area contributed by atoms with Gasteiger partial charge in [0, 0.05) is 78.5 Å². The van der Waals surface area contributed by atoms with Gasteiger partial charge in [0.05, 0.1) is 0 Å². The van der Waals surface area contributed by atoms with Crippen LogP contribution in [-0.2, 0) is 22.9 Å². The Labute approximate surface area is 237 Å². The molecule has 0 aromatic rings. The van der Waals surface area contributed by atoms with Gasteiger partial charge in [-0.1, -0.05) is 25.8 Å². The van der Waals surface area contributed by atoms with Gasteiger partial charge in [-0.2, -0.15) is 0 Å². The zero-order chi connectivity index (χ0) is 29.6. The van der Waals surface area contributed by atoms with E-state index >= 15 is 0 Å². The topological polar surface area (TPSA) is 65.6 Å². The van der Waals surface area contributed by atoms with Crippen molar-refractivity contribution >= 4 is 32.1 Å². The maximum absolute atomic E-state index is 10.0. The molecule has 0 amide bonds. The van der Waals surface area contributed by atoms with Crippen molar-refractivity contribution in [1.29, 1.82) is 0 Å². The van der Waals surface area contributed by atoms with Gasteiger partial charge in [0.2, 0.25) is 0 Å². The molecule has 0 aliphatic rings. The zero-order valence-corrected chi connectivity index (χ0v) is 28.7. The molecule has 13 heteroatoms. The molecular formula is C24H60F2N6O2S2Si. The molecule has 0 aliphatic carbocycles. The van der Waals surface area contributed by atoms with E-state index in [1.807, 2.05) is 0 Å². The van der Waals surface area contributed by atoms with Crippen LogP contribution in [0, 0.1) is 0 Å². The summed E-state index contributed by atoms with van der Waals surface area (Å²) in [6, 6.07) is 0. The highest BCUT2D eigenvalue weighted by molar-refractivity contribution is 7.90. The first-order valence-corrected chi connectivity index (χ1v) is 17.9. The fourth-order valence-electron chi connectivity index (χ4n) is 3.71. The monoisotopic (exact) mass is 594 g/mol. The van der Waals surface area contributed by atoms with Crippen molar-refractivity contribution in [3.05, 3.63) is 0 Å². The van der Waals surface area contributed by atoms with Gasteiger partial charge in [0.1, 0.15) is 0 Å². The molecule has 0 unspecified atom stereocenters. The molecule has 8 nitrogen and oxygen atoms in total. The molecule has 0 radical (unpaired) electrons. The number of nitrogens with zero attached hydrogens (tertiary/aromatic N) is 6. The van der Waals surface area contributed by atoms with E-state index in [0.29, 0.717) is 0 Å². The van der Waals surface area contributed by atoms with Crippen molar-refractivity contribution in [3.8, 4) is 0 Å². The van der Waals surface area contributed by atoms with E-state index in [1.165, 1.54) is 0 Å². The summed E-state index contributed by atoms with van der Waals surface area (Å²) in [7, 11) is -6.11. The normalized spacial score (nSPS) is 12.3. The maximum atomic E-state index is 10.0. The van der Waals surface area contributed by atoms with E-state index in [2.05, 4.69) is 109 Å². The van der Waals surface area contributed by atoms with Crippen LogP contribution < -0.4 is 9.59 Å². The number of hydrogen-bond acceptors (Lipinski definition) is 8. The average molecular weight is 595 g/mol. The lowest BCUT2D eigenvalue weighted by Gasteiger charge is -2.30. The van der Waals surface area contributed by atoms with Crippen LogP contribution in [-0.4, -0.2) is 114 Å². The maximum Gasteiger partial charge on any atom is 0.267 e. The first-order valence-electron chi connectivity index (χ1n) is 14.2. The molecule has 0 bridgehead atoms. The molecule has 0 aliphatic heterocycles. The third kappa shape index (κ3) is 18.4. The third-order valence-electron chi connectivity index (χ3n) is 5.62. The Kier molecular flexibility index (Phi) is 28.8. The van der Waals surface area contributed by atoms with Gasteiger partial charge >= 0.3 is 0 Å². The Balaban J connectivity index is -0.000000528. The molecule has 0 atom stereocenters. The van der Waals surface area contributed by atoms with Crippen LogP contribution in [0.4, 0.5) is 8.22 Å². The summed E-state index contributed by atoms with van der Waals surface area (Å²) in [5, 5.41) is 0. The molecule has 37 heavy (non-hydrogen) atoms. The highest BCUT2D eigenvalue weighted by Gasteiger charge is 2.40. The molecule has 0 heterocycles. The SMILES string of the molecule is CCN(CC)[S+](N(CC)CC)N(CC)CC.CCN(CC)[S+](N(CC)CC)N(CC)CC.[O-][Si]([O-])(F)F. The number of rotatable bonds is 18. The van der Waals surface area contributed by atoms with Gasteiger partial charge in [-0.05, 0) is 83.1 Å². The summed E-state index contributed by atoms with van der Waals surface area (Å²) in [5.41, 5.74) is 0. The van der Waals surface area contributed by atoms with Crippen LogP contribution in [0.25, 0.3) is 0 Å². The van der Waals surface area contributed by atoms with E-state index in [4.69, 9.17) is 9.59 Å². The average Bonchev–Trinajstić information content (AvgIpc) is 2.87. The second kappa shape index (κ2) is 25.4. The highest BCUT2D eigenvalue weighted by atomic mass is 32.2. The fraction of sp³-hybridized carbons (Fsp3) is 1.00. The zero-order valence-electron chi connectivity index (χ0n) is 26.1. The van der Waals surface area contributed by atoms with Crippen LogP contribution in [0.1, 0.15) is 83.1 Å². The summed E-state index contributed by atoms with van der Waals surface area (Å²) in [6.45, 7) is 40.7. The van der Waals surface area contributed by atoms with Crippen molar-refractivity contribution < 1.29 is 17.8 Å². The van der Waals surface area contributed by atoms with E-state index in [1.54, 1.807) is 0 Å². The fourth-order valence-corrected chi connectivity index (χ4v) is 8.44. The van der Waals surface area contributed by atoms with Crippen molar-refractivity contribution in [2.75, 3.05) is 78.5 Å². The van der Waals surface area contributed by atoms with Gasteiger partial charge in [-0.15, -0.1) is 0 Å². The van der Waals surface area contributed by atoms with Crippen molar-refractivity contribution in [2.45, 2.75) is 83.1 Å². The van der Waals surface area contributed by atoms with Crippen LogP contribution in [0.5, 0.6) is 0 Å². The van der Waals surface area contributed by atoms with E-state index in [9.17, 15) is 8.22 Å². The van der Waals surface area contributed by atoms with E-state index < -0.39 is 9.23 Å². The Morgan fingerprint density at radius 3 is 0.514 bits per heavy atom. The lowest BCUT2D eigenvalue weighted by atomic mass is 10.7. The van der Waals surface area contributed by atoms with E-state index in [-0.39, 0.29) is 22.9 Å². The predicted octanol–water partition coefficient (Wildman–Crippen LogP) is 2.83. The Morgan fingerprint density at radius 1 is 0.378 bits per heavy atom. The quantitative estimate of drug-likeness (QED) is 0.136. The molecule has 0 fully saturated rings. The Morgan fingerprint density at radius 2 is 0.459 bits per heavy atom. The van der Waals surface area contributed by atoms with Gasteiger partial charge < -0.3 is 17.8 Å². The lowest BCUT2D eigenvalue weighted by Crippen LogP contribution is -2.54. The largest absolute Gasteiger partial charge is 0.821 e. The molecule has 0 N–H and O–H groups in total. The van der Waals surface area contributed by atoms with E-state index in [0.717, 1.165) is 78.5 Å². The summed E-state index contributed by atoms with van der Waals surface area (Å²) in [5.74, 6) is 0. The minimum atomic E-state index is -6.11. The first-order chi connectivity index (χ1) is 17.4. The van der Waals surface area contributed by atoms with Gasteiger partial charge in [0.15, 0.2) is 0 Å². The van der Waals surface area contributed by atoms with Crippen LogP contribution in [0.3, 0.4) is 0 Å². The van der Waals surface area contributed by atoms with Gasteiger partial charge in [-0.25, -0.2) is 0 Å². The second-order valence-corrected chi connectivity index (χ2v) is 12.6. The molecule has 0 rings (SSSR count). The minimum absolute atomic E-state index is 0.162. The second-order valence-electron chi connectivity index (χ2n) is 7.64. The van der Waals surface area contributed by atoms with Crippen LogP contribution in [0.2, 0.25) is 0 Å². The van der Waals surface area contributed by atoms with Crippen LogP contribution >= 0.6 is 0 Å². The number of halogens is 2. The summed E-state index contributed by atoms with van der Waals surface area (Å²) in [6.07, 6.45) is 0. The van der Waals surface area contributed by atoms with Crippen molar-refractivity contribution in [1.82, 2.24) is 25.8 Å².